The molecule has 0 radical (unpaired) electrons. The molecule has 0 spiro atoms. The first-order valence-corrected chi connectivity index (χ1v) is 14.1. The molecule has 0 heterocycles. The molecule has 0 aliphatic carbocycles. The van der Waals surface area contributed by atoms with Crippen molar-refractivity contribution < 1.29 is 29.0 Å². The second-order valence-corrected chi connectivity index (χ2v) is 11.5. The first-order chi connectivity index (χ1) is 19.7. The van der Waals surface area contributed by atoms with E-state index >= 15 is 0 Å². The molecule has 230 valence electrons. The zero-order chi connectivity index (χ0) is 31.4. The van der Waals surface area contributed by atoms with Crippen LogP contribution in [-0.4, -0.2) is 59.2 Å². The molecular formula is C31H45N5O6. The molecule has 0 fully saturated rings. The Balaban J connectivity index is 2.09. The number of hydrogen-bond donors (Lipinski definition) is 6. The highest BCUT2D eigenvalue weighted by atomic mass is 16.6. The number of rotatable bonds is 14. The van der Waals surface area contributed by atoms with Crippen LogP contribution in [0, 0.1) is 13.8 Å². The standard InChI is InChI=1S/C31H45N5O6/c1-19-15-22(37)16-20(2)23(19)18-24(32)28(39)35-25(13-9-10-14-34-30(41)42-31(3,4)5)29(40)36-26(27(33)38)17-21-11-7-6-8-12-21/h6-8,11-12,15-16,24-26,37H,9-10,13-14,17-18,32H2,1-5H3,(H2,33,38)(H,34,41)(H,35,39)(H,36,40)/t24-,25?,26+/m1/s1. The number of aromatic hydroxyl groups is 1. The second kappa shape index (κ2) is 15.8. The number of alkyl carbamates (subject to hydrolysis) is 1. The zero-order valence-corrected chi connectivity index (χ0v) is 25.2. The topological polar surface area (TPSA) is 186 Å². The number of benzene rings is 2. The summed E-state index contributed by atoms with van der Waals surface area (Å²) in [6, 6.07) is 9.40. The monoisotopic (exact) mass is 583 g/mol. The fourth-order valence-corrected chi connectivity index (χ4v) is 4.48. The Labute approximate surface area is 247 Å². The first kappa shape index (κ1) is 34.1. The maximum absolute atomic E-state index is 13.3. The largest absolute Gasteiger partial charge is 0.508 e. The summed E-state index contributed by atoms with van der Waals surface area (Å²) in [5.74, 6) is -1.67. The van der Waals surface area contributed by atoms with Crippen molar-refractivity contribution in [2.75, 3.05) is 6.54 Å². The molecule has 3 atom stereocenters. The highest BCUT2D eigenvalue weighted by molar-refractivity contribution is 5.92. The van der Waals surface area contributed by atoms with E-state index in [2.05, 4.69) is 16.0 Å². The van der Waals surface area contributed by atoms with Crippen LogP contribution >= 0.6 is 0 Å². The third-order valence-electron chi connectivity index (χ3n) is 6.60. The average molecular weight is 584 g/mol. The van der Waals surface area contributed by atoms with Crippen LogP contribution in [0.3, 0.4) is 0 Å². The average Bonchev–Trinajstić information content (AvgIpc) is 2.88. The number of amides is 4. The molecule has 0 aromatic heterocycles. The molecule has 0 saturated heterocycles. The van der Waals surface area contributed by atoms with Crippen LogP contribution in [0.1, 0.15) is 62.3 Å². The molecule has 4 amide bonds. The van der Waals surface area contributed by atoms with E-state index < -0.39 is 47.5 Å². The number of phenolic OH excluding ortho intramolecular Hbond substituents is 1. The van der Waals surface area contributed by atoms with Crippen molar-refractivity contribution in [1.29, 1.82) is 0 Å². The summed E-state index contributed by atoms with van der Waals surface area (Å²) in [7, 11) is 0. The summed E-state index contributed by atoms with van der Waals surface area (Å²) in [5.41, 5.74) is 14.5. The van der Waals surface area contributed by atoms with E-state index in [1.54, 1.807) is 32.9 Å². The summed E-state index contributed by atoms with van der Waals surface area (Å²) in [6.07, 6.45) is 1.08. The Morgan fingerprint density at radius 2 is 1.50 bits per heavy atom. The predicted octanol–water partition coefficient (Wildman–Crippen LogP) is 2.27. The van der Waals surface area contributed by atoms with Gasteiger partial charge in [-0.2, -0.15) is 0 Å². The van der Waals surface area contributed by atoms with Crippen LogP contribution in [0.25, 0.3) is 0 Å². The number of nitrogens with one attached hydrogen (secondary N) is 3. The second-order valence-electron chi connectivity index (χ2n) is 11.5. The van der Waals surface area contributed by atoms with E-state index in [4.69, 9.17) is 16.2 Å². The summed E-state index contributed by atoms with van der Waals surface area (Å²) < 4.78 is 5.23. The Morgan fingerprint density at radius 1 is 0.905 bits per heavy atom. The number of unbranched alkanes of at least 4 members (excludes halogenated alkanes) is 1. The lowest BCUT2D eigenvalue weighted by Gasteiger charge is -2.24. The smallest absolute Gasteiger partial charge is 0.407 e. The van der Waals surface area contributed by atoms with Crippen LogP contribution < -0.4 is 27.4 Å². The maximum Gasteiger partial charge on any atom is 0.407 e. The number of hydrogen-bond acceptors (Lipinski definition) is 7. The summed E-state index contributed by atoms with van der Waals surface area (Å²) in [5, 5.41) is 17.9. The Hall–Kier alpha value is -4.12. The molecule has 2 aromatic carbocycles. The lowest BCUT2D eigenvalue weighted by Crippen LogP contribution is -2.56. The van der Waals surface area contributed by atoms with E-state index in [1.165, 1.54) is 0 Å². The van der Waals surface area contributed by atoms with Crippen LogP contribution in [0.15, 0.2) is 42.5 Å². The summed E-state index contributed by atoms with van der Waals surface area (Å²) >= 11 is 0. The van der Waals surface area contributed by atoms with Crippen LogP contribution in [0.2, 0.25) is 0 Å². The van der Waals surface area contributed by atoms with Gasteiger partial charge in [0.05, 0.1) is 6.04 Å². The molecular weight excluding hydrogens is 538 g/mol. The van der Waals surface area contributed by atoms with Gasteiger partial charge in [-0.1, -0.05) is 30.3 Å². The van der Waals surface area contributed by atoms with Crippen LogP contribution in [0.5, 0.6) is 5.75 Å². The van der Waals surface area contributed by atoms with Crippen molar-refractivity contribution in [2.45, 2.75) is 90.4 Å². The lowest BCUT2D eigenvalue weighted by molar-refractivity contribution is -0.131. The number of primary amides is 1. The quantitative estimate of drug-likeness (QED) is 0.184. The molecule has 0 aliphatic heterocycles. The maximum atomic E-state index is 13.3. The van der Waals surface area contributed by atoms with Gasteiger partial charge in [0.2, 0.25) is 17.7 Å². The van der Waals surface area contributed by atoms with E-state index in [0.29, 0.717) is 19.4 Å². The Bertz CT molecular complexity index is 1210. The number of phenols is 1. The molecule has 1 unspecified atom stereocenters. The van der Waals surface area contributed by atoms with Crippen molar-refractivity contribution in [3.63, 3.8) is 0 Å². The fraction of sp³-hybridized carbons (Fsp3) is 0.484. The van der Waals surface area contributed by atoms with Gasteiger partial charge in [0.15, 0.2) is 0 Å². The van der Waals surface area contributed by atoms with Crippen molar-refractivity contribution >= 4 is 23.8 Å². The van der Waals surface area contributed by atoms with Crippen molar-refractivity contribution in [3.05, 3.63) is 64.7 Å². The van der Waals surface area contributed by atoms with E-state index in [-0.39, 0.29) is 25.0 Å². The van der Waals surface area contributed by atoms with Gasteiger partial charge in [-0.15, -0.1) is 0 Å². The van der Waals surface area contributed by atoms with Crippen LogP contribution in [0.4, 0.5) is 4.79 Å². The van der Waals surface area contributed by atoms with Gasteiger partial charge in [0, 0.05) is 13.0 Å². The third-order valence-corrected chi connectivity index (χ3v) is 6.60. The highest BCUT2D eigenvalue weighted by Crippen LogP contribution is 2.22. The van der Waals surface area contributed by atoms with Crippen LogP contribution in [-0.2, 0) is 32.0 Å². The van der Waals surface area contributed by atoms with E-state index in [1.807, 2.05) is 44.2 Å². The van der Waals surface area contributed by atoms with Crippen molar-refractivity contribution in [3.8, 4) is 5.75 Å². The number of ether oxygens (including phenoxy) is 1. The van der Waals surface area contributed by atoms with Crippen molar-refractivity contribution in [2.24, 2.45) is 11.5 Å². The minimum absolute atomic E-state index is 0.129. The molecule has 8 N–H and O–H groups in total. The molecule has 0 bridgehead atoms. The van der Waals surface area contributed by atoms with Gasteiger partial charge in [0.25, 0.3) is 0 Å². The van der Waals surface area contributed by atoms with Gasteiger partial charge < -0.3 is 37.3 Å². The molecule has 0 aliphatic rings. The molecule has 11 nitrogen and oxygen atoms in total. The Kier molecular flexibility index (Phi) is 12.8. The van der Waals surface area contributed by atoms with Gasteiger partial charge in [-0.05, 0) is 94.7 Å². The molecule has 0 saturated carbocycles. The summed E-state index contributed by atoms with van der Waals surface area (Å²) in [6.45, 7) is 9.27. The minimum Gasteiger partial charge on any atom is -0.508 e. The van der Waals surface area contributed by atoms with Gasteiger partial charge in [-0.3, -0.25) is 14.4 Å². The minimum atomic E-state index is -0.996. The predicted molar refractivity (Wildman–Crippen MR) is 161 cm³/mol. The Morgan fingerprint density at radius 3 is 2.07 bits per heavy atom. The normalized spacial score (nSPS) is 13.4. The number of nitrogens with two attached hydrogens (primary N) is 2. The molecule has 2 aromatic rings. The zero-order valence-electron chi connectivity index (χ0n) is 25.2. The molecule has 11 heteroatoms. The van der Waals surface area contributed by atoms with Gasteiger partial charge >= 0.3 is 6.09 Å². The number of carbonyl (C=O) groups is 4. The summed E-state index contributed by atoms with van der Waals surface area (Å²) in [4.78, 5) is 50.6. The first-order valence-electron chi connectivity index (χ1n) is 14.1. The molecule has 2 rings (SSSR count). The fourth-order valence-electron chi connectivity index (χ4n) is 4.48. The van der Waals surface area contributed by atoms with Crippen molar-refractivity contribution in [1.82, 2.24) is 16.0 Å². The van der Waals surface area contributed by atoms with E-state index in [9.17, 15) is 24.3 Å². The molecule has 42 heavy (non-hydrogen) atoms. The van der Waals surface area contributed by atoms with Gasteiger partial charge in [0.1, 0.15) is 23.4 Å². The number of aryl methyl sites for hydroxylation is 2. The van der Waals surface area contributed by atoms with E-state index in [0.717, 1.165) is 22.3 Å². The van der Waals surface area contributed by atoms with Gasteiger partial charge in [-0.25, -0.2) is 4.79 Å². The lowest BCUT2D eigenvalue weighted by atomic mass is 9.95. The number of carbonyl (C=O) groups excluding carboxylic acids is 4. The third kappa shape index (κ3) is 11.8. The SMILES string of the molecule is Cc1cc(O)cc(C)c1C[C@@H](N)C(=O)NC(CCCCNC(=O)OC(C)(C)C)C(=O)N[C@@H](Cc1ccccc1)C(N)=O. The highest BCUT2D eigenvalue weighted by Gasteiger charge is 2.28.